The summed E-state index contributed by atoms with van der Waals surface area (Å²) >= 11 is 0. The van der Waals surface area contributed by atoms with E-state index in [4.69, 9.17) is 0 Å². The molecular weight excluding hydrogens is 220 g/mol. The van der Waals surface area contributed by atoms with E-state index in [0.717, 1.165) is 28.7 Å². The Labute approximate surface area is 108 Å². The van der Waals surface area contributed by atoms with Gasteiger partial charge in [-0.15, -0.1) is 0 Å². The van der Waals surface area contributed by atoms with Crippen LogP contribution in [0.4, 0.5) is 0 Å². The van der Waals surface area contributed by atoms with Gasteiger partial charge in [0.1, 0.15) is 0 Å². The summed E-state index contributed by atoms with van der Waals surface area (Å²) in [6.07, 6.45) is 0.952. The van der Waals surface area contributed by atoms with Crippen LogP contribution in [0.3, 0.4) is 0 Å². The molecule has 0 saturated carbocycles. The first-order valence-corrected chi connectivity index (χ1v) is 6.32. The monoisotopic (exact) mass is 238 g/mol. The molecule has 18 heavy (non-hydrogen) atoms. The minimum absolute atomic E-state index is 0.108. The van der Waals surface area contributed by atoms with Crippen molar-refractivity contribution in [1.29, 1.82) is 0 Å². The Hall–Kier alpha value is -1.89. The van der Waals surface area contributed by atoms with Crippen molar-refractivity contribution in [2.45, 2.75) is 27.2 Å². The highest BCUT2D eigenvalue weighted by Crippen LogP contribution is 2.15. The molecule has 2 aromatic carbocycles. The average Bonchev–Trinajstić information content (AvgIpc) is 2.37. The summed E-state index contributed by atoms with van der Waals surface area (Å²) in [5, 5.41) is 0. The molecule has 0 radical (unpaired) electrons. The normalized spacial score (nSPS) is 10.4. The third kappa shape index (κ3) is 2.67. The van der Waals surface area contributed by atoms with E-state index < -0.39 is 0 Å². The molecule has 1 nitrogen and oxygen atoms in total. The second kappa shape index (κ2) is 5.18. The van der Waals surface area contributed by atoms with Crippen LogP contribution in [0, 0.1) is 13.8 Å². The Morgan fingerprint density at radius 1 is 0.944 bits per heavy atom. The Kier molecular flexibility index (Phi) is 3.61. The predicted octanol–water partition coefficient (Wildman–Crippen LogP) is 4.10. The van der Waals surface area contributed by atoms with Crippen LogP contribution in [0.25, 0.3) is 0 Å². The van der Waals surface area contributed by atoms with E-state index in [-0.39, 0.29) is 5.78 Å². The van der Waals surface area contributed by atoms with E-state index in [0.29, 0.717) is 0 Å². The minimum atomic E-state index is 0.108. The molecule has 2 rings (SSSR count). The zero-order chi connectivity index (χ0) is 13.1. The predicted molar refractivity (Wildman–Crippen MR) is 75.2 cm³/mol. The zero-order valence-electron chi connectivity index (χ0n) is 11.2. The Morgan fingerprint density at radius 2 is 1.61 bits per heavy atom. The first-order valence-electron chi connectivity index (χ1n) is 6.32. The van der Waals surface area contributed by atoms with Gasteiger partial charge in [-0.2, -0.15) is 0 Å². The second-order valence-corrected chi connectivity index (χ2v) is 4.76. The fraction of sp³-hybridized carbons (Fsp3) is 0.235. The van der Waals surface area contributed by atoms with Gasteiger partial charge in [-0.1, -0.05) is 42.3 Å². The first-order chi connectivity index (χ1) is 8.60. The van der Waals surface area contributed by atoms with Gasteiger partial charge in [0.2, 0.25) is 0 Å². The number of hydrogen-bond acceptors (Lipinski definition) is 1. The Bertz CT molecular complexity index is 562. The van der Waals surface area contributed by atoms with Crippen molar-refractivity contribution in [2.75, 3.05) is 0 Å². The van der Waals surface area contributed by atoms with E-state index >= 15 is 0 Å². The van der Waals surface area contributed by atoms with Crippen molar-refractivity contribution in [2.24, 2.45) is 0 Å². The van der Waals surface area contributed by atoms with Crippen molar-refractivity contribution in [3.05, 3.63) is 70.3 Å². The largest absolute Gasteiger partial charge is 0.289 e. The molecule has 2 aromatic rings. The number of hydrogen-bond donors (Lipinski definition) is 0. The molecule has 0 heterocycles. The summed E-state index contributed by atoms with van der Waals surface area (Å²) in [6, 6.07) is 13.9. The van der Waals surface area contributed by atoms with Crippen molar-refractivity contribution in [1.82, 2.24) is 0 Å². The van der Waals surface area contributed by atoms with Gasteiger partial charge in [0.15, 0.2) is 5.78 Å². The van der Waals surface area contributed by atoms with Crippen LogP contribution in [0.2, 0.25) is 0 Å². The van der Waals surface area contributed by atoms with Crippen molar-refractivity contribution in [3.63, 3.8) is 0 Å². The van der Waals surface area contributed by atoms with Gasteiger partial charge in [-0.3, -0.25) is 4.79 Å². The Balaban J connectivity index is 2.41. The number of aryl methyl sites for hydroxylation is 3. The van der Waals surface area contributed by atoms with Crippen LogP contribution in [-0.4, -0.2) is 5.78 Å². The number of benzene rings is 2. The number of carbonyl (C=O) groups excluding carboxylic acids is 1. The molecule has 0 N–H and O–H groups in total. The lowest BCUT2D eigenvalue weighted by atomic mass is 9.98. The lowest BCUT2D eigenvalue weighted by Gasteiger charge is -2.06. The molecule has 92 valence electrons. The third-order valence-corrected chi connectivity index (χ3v) is 3.08. The molecule has 0 saturated heterocycles. The second-order valence-electron chi connectivity index (χ2n) is 4.76. The van der Waals surface area contributed by atoms with Gasteiger partial charge >= 0.3 is 0 Å². The molecule has 0 fully saturated rings. The van der Waals surface area contributed by atoms with Crippen LogP contribution in [0.15, 0.2) is 42.5 Å². The zero-order valence-corrected chi connectivity index (χ0v) is 11.2. The molecule has 0 aliphatic heterocycles. The first kappa shape index (κ1) is 12.6. The minimum Gasteiger partial charge on any atom is -0.289 e. The number of rotatable bonds is 3. The molecule has 0 amide bonds. The average molecular weight is 238 g/mol. The quantitative estimate of drug-likeness (QED) is 0.736. The van der Waals surface area contributed by atoms with E-state index in [1.54, 1.807) is 0 Å². The van der Waals surface area contributed by atoms with Gasteiger partial charge in [-0.25, -0.2) is 0 Å². The highest BCUT2D eigenvalue weighted by molar-refractivity contribution is 6.09. The highest BCUT2D eigenvalue weighted by Gasteiger charge is 2.10. The molecule has 0 spiro atoms. The van der Waals surface area contributed by atoms with E-state index in [1.165, 1.54) is 5.56 Å². The fourth-order valence-electron chi connectivity index (χ4n) is 2.20. The topological polar surface area (TPSA) is 17.1 Å². The van der Waals surface area contributed by atoms with Gasteiger partial charge in [-0.05, 0) is 44.0 Å². The maximum Gasteiger partial charge on any atom is 0.193 e. The summed E-state index contributed by atoms with van der Waals surface area (Å²) in [4.78, 5) is 12.4. The maximum absolute atomic E-state index is 12.4. The van der Waals surface area contributed by atoms with E-state index in [1.807, 2.05) is 44.2 Å². The van der Waals surface area contributed by atoms with Gasteiger partial charge in [0, 0.05) is 11.1 Å². The summed E-state index contributed by atoms with van der Waals surface area (Å²) in [5.74, 6) is 0.108. The number of ketones is 1. The molecule has 0 bridgehead atoms. The van der Waals surface area contributed by atoms with Crippen LogP contribution in [-0.2, 0) is 6.42 Å². The highest BCUT2D eigenvalue weighted by atomic mass is 16.1. The molecule has 1 heteroatoms. The van der Waals surface area contributed by atoms with E-state index in [2.05, 4.69) is 19.1 Å². The molecular formula is C17H18O. The molecule has 0 unspecified atom stereocenters. The summed E-state index contributed by atoms with van der Waals surface area (Å²) < 4.78 is 0. The van der Waals surface area contributed by atoms with Crippen LogP contribution >= 0.6 is 0 Å². The standard InChI is InChI=1S/C17H18O/c1-4-14-6-5-7-15(11-14)17(18)16-9-12(2)8-13(3)10-16/h5-11H,4H2,1-3H3. The van der Waals surface area contributed by atoms with Gasteiger partial charge in [0.25, 0.3) is 0 Å². The summed E-state index contributed by atoms with van der Waals surface area (Å²) in [5.41, 5.74) is 5.01. The van der Waals surface area contributed by atoms with Gasteiger partial charge in [0.05, 0.1) is 0 Å². The van der Waals surface area contributed by atoms with Gasteiger partial charge < -0.3 is 0 Å². The van der Waals surface area contributed by atoms with Crippen molar-refractivity contribution in [3.8, 4) is 0 Å². The molecule has 0 atom stereocenters. The lowest BCUT2D eigenvalue weighted by molar-refractivity contribution is 0.103. The lowest BCUT2D eigenvalue weighted by Crippen LogP contribution is -2.02. The van der Waals surface area contributed by atoms with Crippen molar-refractivity contribution >= 4 is 5.78 Å². The number of carbonyl (C=O) groups is 1. The maximum atomic E-state index is 12.4. The smallest absolute Gasteiger partial charge is 0.193 e. The fourth-order valence-corrected chi connectivity index (χ4v) is 2.20. The third-order valence-electron chi connectivity index (χ3n) is 3.08. The SMILES string of the molecule is CCc1cccc(C(=O)c2cc(C)cc(C)c2)c1. The Morgan fingerprint density at radius 3 is 2.22 bits per heavy atom. The molecule has 0 aromatic heterocycles. The van der Waals surface area contributed by atoms with Crippen LogP contribution < -0.4 is 0 Å². The molecule has 0 aliphatic carbocycles. The van der Waals surface area contributed by atoms with Crippen LogP contribution in [0.1, 0.15) is 39.5 Å². The summed E-state index contributed by atoms with van der Waals surface area (Å²) in [6.45, 7) is 6.14. The molecule has 0 aliphatic rings. The van der Waals surface area contributed by atoms with Crippen molar-refractivity contribution < 1.29 is 4.79 Å². The van der Waals surface area contributed by atoms with E-state index in [9.17, 15) is 4.79 Å². The summed E-state index contributed by atoms with van der Waals surface area (Å²) in [7, 11) is 0. The van der Waals surface area contributed by atoms with Crippen LogP contribution in [0.5, 0.6) is 0 Å².